The molecule has 0 bridgehead atoms. The minimum Gasteiger partial charge on any atom is -0.378 e. The van der Waals surface area contributed by atoms with Gasteiger partial charge >= 0.3 is 0 Å². The Morgan fingerprint density at radius 3 is 2.74 bits per heavy atom. The van der Waals surface area contributed by atoms with Crippen molar-refractivity contribution in [3.05, 3.63) is 46.2 Å². The third-order valence-corrected chi connectivity index (χ3v) is 4.91. The molecule has 2 atom stereocenters. The second-order valence-corrected chi connectivity index (χ2v) is 6.79. The van der Waals surface area contributed by atoms with Crippen LogP contribution in [0.15, 0.2) is 29.6 Å². The van der Waals surface area contributed by atoms with E-state index in [9.17, 15) is 9.18 Å². The third-order valence-electron chi connectivity index (χ3n) is 4.08. The predicted octanol–water partition coefficient (Wildman–Crippen LogP) is 3.55. The highest BCUT2D eigenvalue weighted by Gasteiger charge is 2.34. The van der Waals surface area contributed by atoms with Crippen molar-refractivity contribution in [1.82, 2.24) is 4.98 Å². The van der Waals surface area contributed by atoms with Gasteiger partial charge in [-0.3, -0.25) is 4.79 Å². The van der Waals surface area contributed by atoms with Crippen molar-refractivity contribution < 1.29 is 13.9 Å². The van der Waals surface area contributed by atoms with E-state index in [1.807, 2.05) is 19.2 Å². The van der Waals surface area contributed by atoms with E-state index in [-0.39, 0.29) is 23.7 Å². The average molecular weight is 334 g/mol. The molecule has 2 aromatic rings. The van der Waals surface area contributed by atoms with Crippen molar-refractivity contribution in [3.8, 4) is 0 Å². The topological polar surface area (TPSA) is 42.4 Å². The Hall–Kier alpha value is -1.79. The molecule has 0 N–H and O–H groups in total. The summed E-state index contributed by atoms with van der Waals surface area (Å²) in [7, 11) is 0. The summed E-state index contributed by atoms with van der Waals surface area (Å²) < 4.78 is 18.7. The van der Waals surface area contributed by atoms with E-state index in [2.05, 4.69) is 4.98 Å². The first-order valence-corrected chi connectivity index (χ1v) is 8.52. The van der Waals surface area contributed by atoms with E-state index in [0.717, 1.165) is 10.7 Å². The molecule has 0 saturated carbocycles. The average Bonchev–Trinajstić information content (AvgIpc) is 3.14. The van der Waals surface area contributed by atoms with Gasteiger partial charge in [-0.15, -0.1) is 11.3 Å². The smallest absolute Gasteiger partial charge is 0.233 e. The summed E-state index contributed by atoms with van der Waals surface area (Å²) >= 11 is 1.55. The number of hydrogen-bond donors (Lipinski definition) is 0. The Morgan fingerprint density at radius 1 is 1.43 bits per heavy atom. The van der Waals surface area contributed by atoms with Gasteiger partial charge in [0.05, 0.1) is 29.3 Å². The van der Waals surface area contributed by atoms with Crippen molar-refractivity contribution in [2.24, 2.45) is 5.92 Å². The number of anilines is 1. The van der Waals surface area contributed by atoms with E-state index in [0.29, 0.717) is 25.3 Å². The summed E-state index contributed by atoms with van der Waals surface area (Å²) in [6.07, 6.45) is 0.621. The van der Waals surface area contributed by atoms with Crippen molar-refractivity contribution in [2.75, 3.05) is 11.5 Å². The fraction of sp³-hybridized carbons (Fsp3) is 0.412. The first-order valence-electron chi connectivity index (χ1n) is 7.64. The first-order chi connectivity index (χ1) is 11.0. The normalized spacial score (nSPS) is 20.7. The van der Waals surface area contributed by atoms with Crippen LogP contribution in [0, 0.1) is 18.7 Å². The van der Waals surface area contributed by atoms with E-state index in [1.54, 1.807) is 28.4 Å². The predicted molar refractivity (Wildman–Crippen MR) is 88.0 cm³/mol. The molecule has 1 amide bonds. The van der Waals surface area contributed by atoms with Crippen molar-refractivity contribution in [3.63, 3.8) is 0 Å². The van der Waals surface area contributed by atoms with Crippen LogP contribution in [0.3, 0.4) is 0 Å². The van der Waals surface area contributed by atoms with Gasteiger partial charge in [0.25, 0.3) is 0 Å². The number of carbonyl (C=O) groups excluding carboxylic acids is 1. The highest BCUT2D eigenvalue weighted by atomic mass is 32.1. The van der Waals surface area contributed by atoms with Gasteiger partial charge < -0.3 is 9.64 Å². The number of carbonyl (C=O) groups is 1. The molecule has 0 radical (unpaired) electrons. The number of benzene rings is 1. The molecule has 23 heavy (non-hydrogen) atoms. The molecule has 1 saturated heterocycles. The van der Waals surface area contributed by atoms with Crippen LogP contribution in [0.5, 0.6) is 0 Å². The van der Waals surface area contributed by atoms with Crippen LogP contribution in [0.2, 0.25) is 0 Å². The number of halogens is 1. The lowest BCUT2D eigenvalue weighted by molar-refractivity contribution is -0.123. The molecule has 0 aliphatic carbocycles. The van der Waals surface area contributed by atoms with Crippen molar-refractivity contribution in [2.45, 2.75) is 32.9 Å². The lowest BCUT2D eigenvalue weighted by atomic mass is 10.0. The van der Waals surface area contributed by atoms with E-state index >= 15 is 0 Å². The number of aromatic nitrogens is 1. The van der Waals surface area contributed by atoms with Gasteiger partial charge in [-0.1, -0.05) is 0 Å². The number of thiazole rings is 1. The summed E-state index contributed by atoms with van der Waals surface area (Å²) in [4.78, 5) is 19.1. The number of rotatable bonds is 4. The second-order valence-electron chi connectivity index (χ2n) is 5.73. The van der Waals surface area contributed by atoms with Crippen LogP contribution in [-0.2, 0) is 16.1 Å². The molecule has 1 aliphatic heterocycles. The second kappa shape index (κ2) is 6.76. The Labute approximate surface area is 138 Å². The van der Waals surface area contributed by atoms with Gasteiger partial charge in [0.1, 0.15) is 5.82 Å². The van der Waals surface area contributed by atoms with Gasteiger partial charge in [0, 0.05) is 17.7 Å². The number of ether oxygens (including phenoxy) is 1. The molecule has 1 fully saturated rings. The van der Waals surface area contributed by atoms with Crippen LogP contribution < -0.4 is 4.90 Å². The maximum atomic E-state index is 13.2. The Balaban J connectivity index is 1.88. The van der Waals surface area contributed by atoms with Crippen molar-refractivity contribution >= 4 is 22.9 Å². The van der Waals surface area contributed by atoms with Gasteiger partial charge in [0.15, 0.2) is 0 Å². The minimum absolute atomic E-state index is 0.00672. The lowest BCUT2D eigenvalue weighted by Crippen LogP contribution is -2.38. The largest absolute Gasteiger partial charge is 0.378 e. The minimum atomic E-state index is -0.316. The lowest BCUT2D eigenvalue weighted by Gasteiger charge is -2.26. The van der Waals surface area contributed by atoms with Crippen LogP contribution in [0.4, 0.5) is 10.1 Å². The van der Waals surface area contributed by atoms with Crippen LogP contribution >= 0.6 is 11.3 Å². The van der Waals surface area contributed by atoms with Crippen LogP contribution in [0.1, 0.15) is 24.0 Å². The van der Waals surface area contributed by atoms with Gasteiger partial charge in [-0.05, 0) is 44.5 Å². The highest BCUT2D eigenvalue weighted by molar-refractivity contribution is 7.09. The summed E-state index contributed by atoms with van der Waals surface area (Å²) in [6.45, 7) is 4.85. The van der Waals surface area contributed by atoms with Crippen LogP contribution in [-0.4, -0.2) is 23.6 Å². The number of nitrogens with zero attached hydrogens (tertiary/aromatic N) is 2. The molecular weight excluding hydrogens is 315 g/mol. The fourth-order valence-corrected chi connectivity index (χ4v) is 3.42. The number of aryl methyl sites for hydroxylation is 1. The van der Waals surface area contributed by atoms with Crippen LogP contribution in [0.25, 0.3) is 0 Å². The quantitative estimate of drug-likeness (QED) is 0.859. The molecule has 1 aromatic heterocycles. The molecule has 1 aliphatic rings. The zero-order chi connectivity index (χ0) is 16.4. The van der Waals surface area contributed by atoms with E-state index in [1.165, 1.54) is 12.1 Å². The molecule has 2 heterocycles. The fourth-order valence-electron chi connectivity index (χ4n) is 2.82. The molecule has 1 aromatic carbocycles. The Morgan fingerprint density at radius 2 is 2.17 bits per heavy atom. The summed E-state index contributed by atoms with van der Waals surface area (Å²) in [5.41, 5.74) is 1.53. The molecule has 6 heteroatoms. The van der Waals surface area contributed by atoms with E-state index in [4.69, 9.17) is 4.74 Å². The van der Waals surface area contributed by atoms with Gasteiger partial charge in [-0.2, -0.15) is 0 Å². The summed E-state index contributed by atoms with van der Waals surface area (Å²) in [6, 6.07) is 6.01. The Kier molecular flexibility index (Phi) is 4.73. The first kappa shape index (κ1) is 16.1. The monoisotopic (exact) mass is 334 g/mol. The zero-order valence-corrected chi connectivity index (χ0v) is 14.0. The molecule has 0 spiro atoms. The SMILES string of the molecule is Cc1nc(CN(C(=O)[C@@H]2CCO[C@H]2C)c2ccc(F)cc2)cs1. The molecule has 122 valence electrons. The van der Waals surface area contributed by atoms with E-state index < -0.39 is 0 Å². The zero-order valence-electron chi connectivity index (χ0n) is 13.2. The molecule has 0 unspecified atom stereocenters. The summed E-state index contributed by atoms with van der Waals surface area (Å²) in [5, 5.41) is 2.91. The summed E-state index contributed by atoms with van der Waals surface area (Å²) in [5.74, 6) is -0.477. The Bertz CT molecular complexity index is 686. The number of amides is 1. The maximum Gasteiger partial charge on any atom is 0.233 e. The van der Waals surface area contributed by atoms with Gasteiger partial charge in [0.2, 0.25) is 5.91 Å². The highest BCUT2D eigenvalue weighted by Crippen LogP contribution is 2.27. The molecule has 4 nitrogen and oxygen atoms in total. The van der Waals surface area contributed by atoms with Crippen molar-refractivity contribution in [1.29, 1.82) is 0 Å². The number of hydrogen-bond acceptors (Lipinski definition) is 4. The molecule has 3 rings (SSSR count). The molecular formula is C17H19FN2O2S. The maximum absolute atomic E-state index is 13.2. The standard InChI is InChI=1S/C17H19FN2O2S/c1-11-16(7-8-22-11)17(21)20(9-14-10-23-12(2)19-14)15-5-3-13(18)4-6-15/h3-6,10-11,16H,7-9H2,1-2H3/t11-,16+/m0/s1. The third kappa shape index (κ3) is 3.59. The van der Waals surface area contributed by atoms with Gasteiger partial charge in [-0.25, -0.2) is 9.37 Å².